The topological polar surface area (TPSA) is 43.0 Å². The monoisotopic (exact) mass is 269 g/mol. The molecule has 4 heteroatoms. The number of aromatic nitrogens is 2. The van der Waals surface area contributed by atoms with E-state index < -0.39 is 0 Å². The molecule has 0 unspecified atom stereocenters. The van der Waals surface area contributed by atoms with Crippen LogP contribution in [-0.4, -0.2) is 23.1 Å². The summed E-state index contributed by atoms with van der Waals surface area (Å²) in [5.74, 6) is 1.68. The van der Waals surface area contributed by atoms with Crippen LogP contribution in [0.5, 0.6) is 0 Å². The molecule has 0 atom stereocenters. The fourth-order valence-corrected chi connectivity index (χ4v) is 2.50. The third-order valence-corrected chi connectivity index (χ3v) is 3.58. The summed E-state index contributed by atoms with van der Waals surface area (Å²) in [6.07, 6.45) is 3.89. The number of nitrogens with one attached hydrogen (secondary N) is 1. The first-order valence-corrected chi connectivity index (χ1v) is 6.93. The van der Waals surface area contributed by atoms with E-state index in [9.17, 15) is 0 Å². The molecular weight excluding hydrogens is 250 g/mol. The Bertz CT molecular complexity index is 698. The van der Waals surface area contributed by atoms with Crippen LogP contribution < -0.4 is 5.32 Å². The van der Waals surface area contributed by atoms with E-state index in [-0.39, 0.29) is 0 Å². The second kappa shape index (κ2) is 5.51. The average Bonchev–Trinajstić information content (AvgIpc) is 3.07. The molecule has 1 N–H and O–H groups in total. The van der Waals surface area contributed by atoms with Gasteiger partial charge >= 0.3 is 0 Å². The van der Waals surface area contributed by atoms with Gasteiger partial charge in [-0.15, -0.1) is 0 Å². The number of nitrogens with zero attached hydrogens (tertiary/aromatic N) is 2. The first-order chi connectivity index (χ1) is 9.79. The maximum atomic E-state index is 5.45. The smallest absolute Gasteiger partial charge is 0.176 e. The molecule has 0 spiro atoms. The fourth-order valence-electron chi connectivity index (χ4n) is 2.50. The summed E-state index contributed by atoms with van der Waals surface area (Å²) < 4.78 is 7.52. The summed E-state index contributed by atoms with van der Waals surface area (Å²) in [6, 6.07) is 10.3. The van der Waals surface area contributed by atoms with Crippen molar-refractivity contribution in [3.8, 4) is 11.6 Å². The van der Waals surface area contributed by atoms with Gasteiger partial charge in [0.2, 0.25) is 0 Å². The van der Waals surface area contributed by atoms with Gasteiger partial charge in [0.25, 0.3) is 0 Å². The van der Waals surface area contributed by atoms with E-state index in [1.807, 2.05) is 26.2 Å². The lowest BCUT2D eigenvalue weighted by molar-refractivity contribution is 0.574. The number of rotatable bonds is 5. The fraction of sp³-hybridized carbons (Fsp3) is 0.312. The van der Waals surface area contributed by atoms with E-state index in [1.165, 1.54) is 5.56 Å². The van der Waals surface area contributed by atoms with Gasteiger partial charge in [0, 0.05) is 7.05 Å². The quantitative estimate of drug-likeness (QED) is 0.724. The molecule has 0 bridgehead atoms. The first-order valence-electron chi connectivity index (χ1n) is 6.93. The van der Waals surface area contributed by atoms with Crippen molar-refractivity contribution in [2.45, 2.75) is 12.8 Å². The van der Waals surface area contributed by atoms with Crippen LogP contribution in [-0.2, 0) is 13.5 Å². The van der Waals surface area contributed by atoms with Crippen LogP contribution in [0.2, 0.25) is 0 Å². The van der Waals surface area contributed by atoms with Gasteiger partial charge in [-0.2, -0.15) is 0 Å². The Hall–Kier alpha value is -2.07. The van der Waals surface area contributed by atoms with Crippen LogP contribution in [0.3, 0.4) is 0 Å². The van der Waals surface area contributed by atoms with Crippen LogP contribution in [0, 0.1) is 0 Å². The molecule has 0 saturated carbocycles. The van der Waals surface area contributed by atoms with Crippen molar-refractivity contribution >= 4 is 11.0 Å². The number of imidazole rings is 1. The van der Waals surface area contributed by atoms with Crippen molar-refractivity contribution in [3.63, 3.8) is 0 Å². The molecule has 0 radical (unpaired) electrons. The molecule has 0 aliphatic heterocycles. The minimum absolute atomic E-state index is 0.806. The van der Waals surface area contributed by atoms with Crippen molar-refractivity contribution in [1.82, 2.24) is 14.9 Å². The van der Waals surface area contributed by atoms with E-state index >= 15 is 0 Å². The molecular formula is C16H19N3O. The number of aryl methyl sites for hydroxylation is 2. The van der Waals surface area contributed by atoms with Gasteiger partial charge in [0.05, 0.1) is 17.3 Å². The second-order valence-corrected chi connectivity index (χ2v) is 5.00. The van der Waals surface area contributed by atoms with Gasteiger partial charge in [0.15, 0.2) is 11.6 Å². The molecule has 0 aliphatic carbocycles. The summed E-state index contributed by atoms with van der Waals surface area (Å²) in [4.78, 5) is 4.70. The number of hydrogen-bond donors (Lipinski definition) is 1. The van der Waals surface area contributed by atoms with Crippen LogP contribution >= 0.6 is 0 Å². The molecule has 4 nitrogen and oxygen atoms in total. The molecule has 3 aromatic rings. The Morgan fingerprint density at radius 3 is 2.95 bits per heavy atom. The molecule has 0 amide bonds. The predicted molar refractivity (Wildman–Crippen MR) is 80.7 cm³/mol. The Morgan fingerprint density at radius 2 is 2.20 bits per heavy atom. The summed E-state index contributed by atoms with van der Waals surface area (Å²) in [6.45, 7) is 1.04. The van der Waals surface area contributed by atoms with Gasteiger partial charge in [0.1, 0.15) is 0 Å². The molecule has 3 rings (SSSR count). The predicted octanol–water partition coefficient (Wildman–Crippen LogP) is 2.99. The lowest BCUT2D eigenvalue weighted by Gasteiger charge is -2.02. The zero-order valence-electron chi connectivity index (χ0n) is 11.9. The highest BCUT2D eigenvalue weighted by molar-refractivity contribution is 5.80. The van der Waals surface area contributed by atoms with E-state index in [2.05, 4.69) is 28.1 Å². The average molecular weight is 269 g/mol. The molecule has 1 aromatic carbocycles. The molecule has 0 fully saturated rings. The Morgan fingerprint density at radius 1 is 1.30 bits per heavy atom. The van der Waals surface area contributed by atoms with Crippen molar-refractivity contribution in [2.24, 2.45) is 7.05 Å². The Labute approximate surface area is 118 Å². The lowest BCUT2D eigenvalue weighted by atomic mass is 10.1. The standard InChI is InChI=1S/C16H19N3O/c1-17-9-3-5-12-7-8-14-13(11-12)18-16(19(14)2)15-6-4-10-20-15/h4,6-8,10-11,17H,3,5,9H2,1-2H3. The van der Waals surface area contributed by atoms with Gasteiger partial charge in [-0.1, -0.05) is 6.07 Å². The van der Waals surface area contributed by atoms with Gasteiger partial charge in [-0.3, -0.25) is 0 Å². The molecule has 0 aliphatic rings. The van der Waals surface area contributed by atoms with E-state index in [4.69, 9.17) is 9.40 Å². The molecule has 104 valence electrons. The minimum Gasteiger partial charge on any atom is -0.461 e. The van der Waals surface area contributed by atoms with Crippen LogP contribution in [0.1, 0.15) is 12.0 Å². The highest BCUT2D eigenvalue weighted by Gasteiger charge is 2.12. The van der Waals surface area contributed by atoms with E-state index in [0.29, 0.717) is 0 Å². The maximum Gasteiger partial charge on any atom is 0.176 e. The maximum absolute atomic E-state index is 5.45. The normalized spacial score (nSPS) is 11.3. The van der Waals surface area contributed by atoms with Crippen molar-refractivity contribution in [3.05, 3.63) is 42.2 Å². The molecule has 2 aromatic heterocycles. The van der Waals surface area contributed by atoms with Crippen LogP contribution in [0.4, 0.5) is 0 Å². The summed E-state index contributed by atoms with van der Waals surface area (Å²) in [5, 5.41) is 3.17. The van der Waals surface area contributed by atoms with Crippen molar-refractivity contribution in [1.29, 1.82) is 0 Å². The zero-order valence-corrected chi connectivity index (χ0v) is 11.9. The first kappa shape index (κ1) is 12.9. The second-order valence-electron chi connectivity index (χ2n) is 5.00. The Kier molecular flexibility index (Phi) is 3.56. The van der Waals surface area contributed by atoms with Crippen molar-refractivity contribution in [2.75, 3.05) is 13.6 Å². The SMILES string of the molecule is CNCCCc1ccc2c(c1)nc(-c1ccco1)n2C. The van der Waals surface area contributed by atoms with Gasteiger partial charge < -0.3 is 14.3 Å². The lowest BCUT2D eigenvalue weighted by Crippen LogP contribution is -2.08. The summed E-state index contributed by atoms with van der Waals surface area (Å²) in [7, 11) is 4.01. The number of hydrogen-bond acceptors (Lipinski definition) is 3. The van der Waals surface area contributed by atoms with Crippen LogP contribution in [0.15, 0.2) is 41.0 Å². The minimum atomic E-state index is 0.806. The molecule has 0 saturated heterocycles. The van der Waals surface area contributed by atoms with Crippen molar-refractivity contribution < 1.29 is 4.42 Å². The molecule has 20 heavy (non-hydrogen) atoms. The molecule has 2 heterocycles. The van der Waals surface area contributed by atoms with Gasteiger partial charge in [-0.25, -0.2) is 4.98 Å². The van der Waals surface area contributed by atoms with Gasteiger partial charge in [-0.05, 0) is 56.3 Å². The Balaban J connectivity index is 1.95. The number of benzene rings is 1. The highest BCUT2D eigenvalue weighted by atomic mass is 16.3. The zero-order chi connectivity index (χ0) is 13.9. The van der Waals surface area contributed by atoms with E-state index in [0.717, 1.165) is 42.0 Å². The third-order valence-electron chi connectivity index (χ3n) is 3.58. The van der Waals surface area contributed by atoms with Crippen LogP contribution in [0.25, 0.3) is 22.6 Å². The third kappa shape index (κ3) is 2.34. The largest absolute Gasteiger partial charge is 0.461 e. The van der Waals surface area contributed by atoms with E-state index in [1.54, 1.807) is 6.26 Å². The number of fused-ring (bicyclic) bond motifs is 1. The summed E-state index contributed by atoms with van der Waals surface area (Å²) >= 11 is 0. The number of furan rings is 1. The highest BCUT2D eigenvalue weighted by Crippen LogP contribution is 2.24. The summed E-state index contributed by atoms with van der Waals surface area (Å²) in [5.41, 5.74) is 3.49.